The lowest BCUT2D eigenvalue weighted by Crippen LogP contribution is -2.50. The maximum atomic E-state index is 12.6. The van der Waals surface area contributed by atoms with Crippen LogP contribution in [0, 0.1) is 6.92 Å². The zero-order valence-electron chi connectivity index (χ0n) is 13.6. The highest BCUT2D eigenvalue weighted by atomic mass is 32.1. The van der Waals surface area contributed by atoms with Gasteiger partial charge in [0.05, 0.1) is 36.4 Å². The van der Waals surface area contributed by atoms with Gasteiger partial charge in [-0.05, 0) is 6.92 Å². The van der Waals surface area contributed by atoms with Crippen LogP contribution >= 0.6 is 11.3 Å². The molecule has 6 heteroatoms. The number of thiazole rings is 1. The summed E-state index contributed by atoms with van der Waals surface area (Å²) in [5, 5.41) is 2.87. The molecule has 0 radical (unpaired) electrons. The number of ketones is 1. The van der Waals surface area contributed by atoms with Crippen molar-refractivity contribution in [1.82, 2.24) is 9.88 Å². The summed E-state index contributed by atoms with van der Waals surface area (Å²) in [5.41, 5.74) is 1.47. The van der Waals surface area contributed by atoms with Gasteiger partial charge in [-0.2, -0.15) is 0 Å². The van der Waals surface area contributed by atoms with Crippen molar-refractivity contribution in [2.75, 3.05) is 19.8 Å². The molecular formula is C18H20N2O3S. The van der Waals surface area contributed by atoms with Crippen LogP contribution in [0.25, 0.3) is 0 Å². The first-order valence-electron chi connectivity index (χ1n) is 8.00. The quantitative estimate of drug-likeness (QED) is 0.782. The molecular weight excluding hydrogens is 324 g/mol. The first kappa shape index (κ1) is 16.8. The number of aryl methyl sites for hydroxylation is 1. The average molecular weight is 344 g/mol. The Hall–Kier alpha value is -2.05. The van der Waals surface area contributed by atoms with Crippen LogP contribution in [-0.4, -0.2) is 47.4 Å². The van der Waals surface area contributed by atoms with Gasteiger partial charge in [-0.1, -0.05) is 30.3 Å². The van der Waals surface area contributed by atoms with Crippen LogP contribution in [0.3, 0.4) is 0 Å². The van der Waals surface area contributed by atoms with E-state index in [9.17, 15) is 9.59 Å². The van der Waals surface area contributed by atoms with E-state index in [0.29, 0.717) is 25.3 Å². The highest BCUT2D eigenvalue weighted by Gasteiger charge is 2.29. The third-order valence-electron chi connectivity index (χ3n) is 4.06. The molecule has 0 unspecified atom stereocenters. The summed E-state index contributed by atoms with van der Waals surface area (Å²) in [4.78, 5) is 31.2. The van der Waals surface area contributed by atoms with Gasteiger partial charge in [-0.15, -0.1) is 11.3 Å². The Balaban J connectivity index is 1.66. The Morgan fingerprint density at radius 1 is 1.33 bits per heavy atom. The fourth-order valence-corrected chi connectivity index (χ4v) is 3.47. The van der Waals surface area contributed by atoms with Crippen molar-refractivity contribution in [1.29, 1.82) is 0 Å². The summed E-state index contributed by atoms with van der Waals surface area (Å²) < 4.78 is 5.49. The molecule has 5 nitrogen and oxygen atoms in total. The number of benzene rings is 1. The van der Waals surface area contributed by atoms with E-state index in [1.165, 1.54) is 0 Å². The maximum absolute atomic E-state index is 12.6. The second-order valence-electron chi connectivity index (χ2n) is 5.84. The van der Waals surface area contributed by atoms with Gasteiger partial charge in [0.15, 0.2) is 5.78 Å². The molecule has 1 amide bonds. The van der Waals surface area contributed by atoms with E-state index in [0.717, 1.165) is 10.7 Å². The van der Waals surface area contributed by atoms with Gasteiger partial charge >= 0.3 is 0 Å². The lowest BCUT2D eigenvalue weighted by Gasteiger charge is -2.35. The topological polar surface area (TPSA) is 59.5 Å². The monoisotopic (exact) mass is 344 g/mol. The number of rotatable bonds is 5. The molecule has 0 bridgehead atoms. The number of hydrogen-bond donors (Lipinski definition) is 0. The van der Waals surface area contributed by atoms with Crippen LogP contribution < -0.4 is 0 Å². The maximum Gasteiger partial charge on any atom is 0.229 e. The number of carbonyl (C=O) groups is 2. The molecule has 3 rings (SSSR count). The molecule has 0 spiro atoms. The van der Waals surface area contributed by atoms with Crippen LogP contribution in [0.1, 0.15) is 27.5 Å². The number of amides is 1. The van der Waals surface area contributed by atoms with Gasteiger partial charge in [-0.3, -0.25) is 9.59 Å². The van der Waals surface area contributed by atoms with E-state index in [2.05, 4.69) is 4.98 Å². The first-order chi connectivity index (χ1) is 11.6. The molecule has 2 heterocycles. The predicted molar refractivity (Wildman–Crippen MR) is 92.3 cm³/mol. The summed E-state index contributed by atoms with van der Waals surface area (Å²) in [6.07, 6.45) is 0.562. The number of Topliss-reactive ketones (excluding diaryl/α,β-unsaturated/α-hetero) is 1. The van der Waals surface area contributed by atoms with Gasteiger partial charge in [0.25, 0.3) is 0 Å². The van der Waals surface area contributed by atoms with Crippen molar-refractivity contribution < 1.29 is 14.3 Å². The molecule has 1 saturated heterocycles. The van der Waals surface area contributed by atoms with E-state index in [1.807, 2.05) is 30.5 Å². The number of carbonyl (C=O) groups excluding carboxylic acids is 2. The minimum absolute atomic E-state index is 0.00876. The van der Waals surface area contributed by atoms with E-state index >= 15 is 0 Å². The molecule has 1 atom stereocenters. The molecule has 1 aromatic heterocycles. The highest BCUT2D eigenvalue weighted by molar-refractivity contribution is 7.09. The number of aromatic nitrogens is 1. The van der Waals surface area contributed by atoms with Crippen molar-refractivity contribution in [3.63, 3.8) is 0 Å². The lowest BCUT2D eigenvalue weighted by molar-refractivity contribution is -0.138. The van der Waals surface area contributed by atoms with Gasteiger partial charge in [-0.25, -0.2) is 4.98 Å². The normalized spacial score (nSPS) is 17.7. The Morgan fingerprint density at radius 2 is 2.12 bits per heavy atom. The van der Waals surface area contributed by atoms with Crippen LogP contribution in [-0.2, 0) is 16.0 Å². The largest absolute Gasteiger partial charge is 0.377 e. The van der Waals surface area contributed by atoms with Crippen LogP contribution in [0.15, 0.2) is 35.7 Å². The fraction of sp³-hybridized carbons (Fsp3) is 0.389. The molecule has 0 saturated carbocycles. The van der Waals surface area contributed by atoms with Crippen LogP contribution in [0.2, 0.25) is 0 Å². The van der Waals surface area contributed by atoms with Gasteiger partial charge in [0.2, 0.25) is 5.91 Å². The standard InChI is InChI=1S/C18H20N2O3S/c1-13-19-15(12-24-13)9-18(22)20-7-8-23-11-16(20)10-17(21)14-5-3-2-4-6-14/h2-6,12,16H,7-11H2,1H3/t16-/m1/s1. The molecule has 1 aliphatic heterocycles. The zero-order valence-corrected chi connectivity index (χ0v) is 14.4. The Labute approximate surface area is 145 Å². The minimum Gasteiger partial charge on any atom is -0.377 e. The summed E-state index contributed by atoms with van der Waals surface area (Å²) in [5.74, 6) is 0.0443. The molecule has 1 fully saturated rings. The molecule has 1 aromatic carbocycles. The summed E-state index contributed by atoms with van der Waals surface area (Å²) >= 11 is 1.54. The number of morpholine rings is 1. The van der Waals surface area contributed by atoms with E-state index in [1.54, 1.807) is 28.4 Å². The minimum atomic E-state index is -0.210. The van der Waals surface area contributed by atoms with E-state index < -0.39 is 0 Å². The second-order valence-corrected chi connectivity index (χ2v) is 6.91. The van der Waals surface area contributed by atoms with E-state index in [4.69, 9.17) is 4.74 Å². The van der Waals surface area contributed by atoms with Gasteiger partial charge in [0, 0.05) is 23.9 Å². The van der Waals surface area contributed by atoms with Crippen molar-refractivity contribution >= 4 is 23.0 Å². The zero-order chi connectivity index (χ0) is 16.9. The van der Waals surface area contributed by atoms with Gasteiger partial charge < -0.3 is 9.64 Å². The number of ether oxygens (including phenoxy) is 1. The Kier molecular flexibility index (Phi) is 5.37. The lowest BCUT2D eigenvalue weighted by atomic mass is 10.0. The first-order valence-corrected chi connectivity index (χ1v) is 8.88. The molecule has 0 N–H and O–H groups in total. The van der Waals surface area contributed by atoms with E-state index in [-0.39, 0.29) is 30.6 Å². The Bertz CT molecular complexity index is 714. The average Bonchev–Trinajstić information content (AvgIpc) is 3.01. The molecule has 1 aliphatic rings. The van der Waals surface area contributed by atoms with Crippen molar-refractivity contribution in [3.8, 4) is 0 Å². The summed E-state index contributed by atoms with van der Waals surface area (Å²) in [6.45, 7) is 3.36. The van der Waals surface area contributed by atoms with Crippen molar-refractivity contribution in [3.05, 3.63) is 52.0 Å². The molecule has 2 aromatic rings. The highest BCUT2D eigenvalue weighted by Crippen LogP contribution is 2.17. The van der Waals surface area contributed by atoms with Crippen LogP contribution in [0.5, 0.6) is 0 Å². The fourth-order valence-electron chi connectivity index (χ4n) is 2.85. The van der Waals surface area contributed by atoms with Crippen molar-refractivity contribution in [2.45, 2.75) is 25.8 Å². The van der Waals surface area contributed by atoms with Crippen molar-refractivity contribution in [2.24, 2.45) is 0 Å². The third-order valence-corrected chi connectivity index (χ3v) is 4.89. The van der Waals surface area contributed by atoms with Crippen LogP contribution in [0.4, 0.5) is 0 Å². The Morgan fingerprint density at radius 3 is 2.83 bits per heavy atom. The third kappa shape index (κ3) is 4.07. The molecule has 0 aliphatic carbocycles. The molecule has 126 valence electrons. The molecule has 24 heavy (non-hydrogen) atoms. The second kappa shape index (κ2) is 7.68. The summed E-state index contributed by atoms with van der Waals surface area (Å²) in [6, 6.07) is 8.97. The number of nitrogens with zero attached hydrogens (tertiary/aromatic N) is 2. The number of hydrogen-bond acceptors (Lipinski definition) is 5. The smallest absolute Gasteiger partial charge is 0.229 e. The predicted octanol–water partition coefficient (Wildman–Crippen LogP) is 2.49. The SMILES string of the molecule is Cc1nc(CC(=O)N2CCOC[C@H]2CC(=O)c2ccccc2)cs1. The van der Waals surface area contributed by atoms with Gasteiger partial charge in [0.1, 0.15) is 0 Å². The summed E-state index contributed by atoms with van der Waals surface area (Å²) in [7, 11) is 0.